The molecular formula is C13H11N3O3. The maximum absolute atomic E-state index is 12.0. The number of carboxylic acid groups (broad SMARTS) is 1. The van der Waals surface area contributed by atoms with Gasteiger partial charge in [0.2, 0.25) is 0 Å². The number of rotatable bonds is 3. The van der Waals surface area contributed by atoms with Gasteiger partial charge in [-0.3, -0.25) is 14.8 Å². The summed E-state index contributed by atoms with van der Waals surface area (Å²) in [5.74, 6) is -1.76. The summed E-state index contributed by atoms with van der Waals surface area (Å²) in [6.07, 6.45) is 2.93. The van der Waals surface area contributed by atoms with Crippen LogP contribution in [0.25, 0.3) is 0 Å². The molecule has 19 heavy (non-hydrogen) atoms. The molecule has 0 bridgehead atoms. The zero-order chi connectivity index (χ0) is 13.8. The first-order valence-corrected chi connectivity index (χ1v) is 5.50. The Morgan fingerprint density at radius 1 is 1.21 bits per heavy atom. The molecule has 1 amide bonds. The quantitative estimate of drug-likeness (QED) is 0.873. The van der Waals surface area contributed by atoms with Crippen molar-refractivity contribution >= 4 is 17.6 Å². The summed E-state index contributed by atoms with van der Waals surface area (Å²) in [6, 6.07) is 6.11. The van der Waals surface area contributed by atoms with E-state index in [0.717, 1.165) is 5.69 Å². The van der Waals surface area contributed by atoms with Crippen LogP contribution in [0.4, 0.5) is 5.69 Å². The molecule has 2 heterocycles. The minimum atomic E-state index is -1.19. The molecule has 0 aromatic carbocycles. The standard InChI is InChI=1S/C13H11N3O3/c1-8-7-9(4-6-14-8)16-12(17)11-10(13(18)19)3-2-5-15-11/h2-7H,1H3,(H,18,19)(H,14,16,17). The second-order valence-corrected chi connectivity index (χ2v) is 3.84. The lowest BCUT2D eigenvalue weighted by Gasteiger charge is -2.07. The van der Waals surface area contributed by atoms with Crippen molar-refractivity contribution in [2.45, 2.75) is 6.92 Å². The number of carboxylic acids is 1. The van der Waals surface area contributed by atoms with Gasteiger partial charge in [-0.25, -0.2) is 4.79 Å². The Morgan fingerprint density at radius 2 is 2.00 bits per heavy atom. The van der Waals surface area contributed by atoms with E-state index >= 15 is 0 Å². The fourth-order valence-electron chi connectivity index (χ4n) is 1.57. The van der Waals surface area contributed by atoms with Crippen LogP contribution in [-0.2, 0) is 0 Å². The molecule has 96 valence electrons. The lowest BCUT2D eigenvalue weighted by Crippen LogP contribution is -2.18. The van der Waals surface area contributed by atoms with Gasteiger partial charge < -0.3 is 10.4 Å². The molecule has 0 fully saturated rings. The van der Waals surface area contributed by atoms with Crippen molar-refractivity contribution in [3.05, 3.63) is 53.6 Å². The number of nitrogens with one attached hydrogen (secondary N) is 1. The molecule has 0 aliphatic heterocycles. The third-order valence-corrected chi connectivity index (χ3v) is 2.41. The minimum absolute atomic E-state index is 0.121. The fraction of sp³-hybridized carbons (Fsp3) is 0.0769. The van der Waals surface area contributed by atoms with Crippen LogP contribution in [0.2, 0.25) is 0 Å². The Balaban J connectivity index is 2.28. The van der Waals surface area contributed by atoms with Gasteiger partial charge in [-0.2, -0.15) is 0 Å². The van der Waals surface area contributed by atoms with Gasteiger partial charge in [0.05, 0.1) is 5.56 Å². The number of aromatic carboxylic acids is 1. The summed E-state index contributed by atoms with van der Waals surface area (Å²) in [6.45, 7) is 1.79. The summed E-state index contributed by atoms with van der Waals surface area (Å²) < 4.78 is 0. The minimum Gasteiger partial charge on any atom is -0.478 e. The molecule has 0 spiro atoms. The van der Waals surface area contributed by atoms with Crippen LogP contribution in [0.1, 0.15) is 26.5 Å². The summed E-state index contributed by atoms with van der Waals surface area (Å²) in [5, 5.41) is 11.6. The number of carbonyl (C=O) groups is 2. The normalized spacial score (nSPS) is 9.95. The van der Waals surface area contributed by atoms with E-state index in [1.54, 1.807) is 25.3 Å². The predicted molar refractivity (Wildman–Crippen MR) is 68.1 cm³/mol. The maximum Gasteiger partial charge on any atom is 0.338 e. The SMILES string of the molecule is Cc1cc(NC(=O)c2ncccc2C(=O)O)ccn1. The molecule has 0 aliphatic rings. The Kier molecular flexibility index (Phi) is 3.51. The van der Waals surface area contributed by atoms with E-state index < -0.39 is 11.9 Å². The number of amides is 1. The molecular weight excluding hydrogens is 246 g/mol. The molecule has 2 aromatic rings. The van der Waals surface area contributed by atoms with Gasteiger partial charge in [-0.15, -0.1) is 0 Å². The highest BCUT2D eigenvalue weighted by molar-refractivity contribution is 6.09. The van der Waals surface area contributed by atoms with E-state index in [0.29, 0.717) is 5.69 Å². The number of carbonyl (C=O) groups excluding carboxylic acids is 1. The van der Waals surface area contributed by atoms with Gasteiger partial charge in [-0.1, -0.05) is 0 Å². The molecule has 2 aromatic heterocycles. The lowest BCUT2D eigenvalue weighted by molar-refractivity contribution is 0.0691. The van der Waals surface area contributed by atoms with Crippen molar-refractivity contribution in [3.63, 3.8) is 0 Å². The Bertz CT molecular complexity index is 641. The van der Waals surface area contributed by atoms with Gasteiger partial charge in [0.1, 0.15) is 5.69 Å². The molecule has 2 N–H and O–H groups in total. The van der Waals surface area contributed by atoms with Crippen molar-refractivity contribution in [3.8, 4) is 0 Å². The Labute approximate surface area is 109 Å². The van der Waals surface area contributed by atoms with Crippen LogP contribution >= 0.6 is 0 Å². The zero-order valence-electron chi connectivity index (χ0n) is 10.1. The van der Waals surface area contributed by atoms with Gasteiger partial charge in [0, 0.05) is 23.8 Å². The number of hydrogen-bond acceptors (Lipinski definition) is 4. The van der Waals surface area contributed by atoms with Crippen LogP contribution in [0.3, 0.4) is 0 Å². The first-order chi connectivity index (χ1) is 9.08. The number of aryl methyl sites for hydroxylation is 1. The van der Waals surface area contributed by atoms with Crippen LogP contribution in [-0.4, -0.2) is 27.0 Å². The largest absolute Gasteiger partial charge is 0.478 e. The molecule has 2 rings (SSSR count). The van der Waals surface area contributed by atoms with Gasteiger partial charge in [0.15, 0.2) is 0 Å². The van der Waals surface area contributed by atoms with E-state index in [1.165, 1.54) is 18.3 Å². The van der Waals surface area contributed by atoms with Crippen LogP contribution < -0.4 is 5.32 Å². The number of aromatic nitrogens is 2. The summed E-state index contributed by atoms with van der Waals surface area (Å²) in [4.78, 5) is 30.8. The number of hydrogen-bond donors (Lipinski definition) is 2. The summed E-state index contributed by atoms with van der Waals surface area (Å²) in [7, 11) is 0. The molecule has 6 nitrogen and oxygen atoms in total. The smallest absolute Gasteiger partial charge is 0.338 e. The first kappa shape index (κ1) is 12.7. The highest BCUT2D eigenvalue weighted by Crippen LogP contribution is 2.11. The molecule has 0 radical (unpaired) electrons. The van der Waals surface area contributed by atoms with E-state index in [-0.39, 0.29) is 11.3 Å². The monoisotopic (exact) mass is 257 g/mol. The summed E-state index contributed by atoms with van der Waals surface area (Å²) in [5.41, 5.74) is 1.03. The first-order valence-electron chi connectivity index (χ1n) is 5.50. The van der Waals surface area contributed by atoms with Gasteiger partial charge >= 0.3 is 5.97 Å². The molecule has 0 saturated heterocycles. The molecule has 0 saturated carbocycles. The number of anilines is 1. The van der Waals surface area contributed by atoms with E-state index in [2.05, 4.69) is 15.3 Å². The molecule has 6 heteroatoms. The van der Waals surface area contributed by atoms with Crippen LogP contribution in [0.5, 0.6) is 0 Å². The zero-order valence-corrected chi connectivity index (χ0v) is 10.1. The van der Waals surface area contributed by atoms with Crippen molar-refractivity contribution in [2.24, 2.45) is 0 Å². The number of nitrogens with zero attached hydrogens (tertiary/aromatic N) is 2. The van der Waals surface area contributed by atoms with Crippen LogP contribution in [0, 0.1) is 6.92 Å². The highest BCUT2D eigenvalue weighted by Gasteiger charge is 2.17. The third kappa shape index (κ3) is 2.92. The van der Waals surface area contributed by atoms with Gasteiger partial charge in [0.25, 0.3) is 5.91 Å². The van der Waals surface area contributed by atoms with Gasteiger partial charge in [-0.05, 0) is 31.2 Å². The predicted octanol–water partition coefficient (Wildman–Crippen LogP) is 1.74. The second-order valence-electron chi connectivity index (χ2n) is 3.84. The molecule has 0 unspecified atom stereocenters. The summed E-state index contributed by atoms with van der Waals surface area (Å²) >= 11 is 0. The van der Waals surface area contributed by atoms with Crippen molar-refractivity contribution in [1.29, 1.82) is 0 Å². The van der Waals surface area contributed by atoms with Crippen molar-refractivity contribution < 1.29 is 14.7 Å². The van der Waals surface area contributed by atoms with E-state index in [4.69, 9.17) is 5.11 Å². The molecule has 0 atom stereocenters. The van der Waals surface area contributed by atoms with Crippen molar-refractivity contribution in [1.82, 2.24) is 9.97 Å². The molecule has 0 aliphatic carbocycles. The average Bonchev–Trinajstić information content (AvgIpc) is 2.38. The number of pyridine rings is 2. The topological polar surface area (TPSA) is 92.2 Å². The second kappa shape index (κ2) is 5.26. The Morgan fingerprint density at radius 3 is 2.68 bits per heavy atom. The lowest BCUT2D eigenvalue weighted by atomic mass is 10.2. The van der Waals surface area contributed by atoms with Crippen LogP contribution in [0.15, 0.2) is 36.7 Å². The van der Waals surface area contributed by atoms with Crippen molar-refractivity contribution in [2.75, 3.05) is 5.32 Å². The average molecular weight is 257 g/mol. The fourth-order valence-corrected chi connectivity index (χ4v) is 1.57. The highest BCUT2D eigenvalue weighted by atomic mass is 16.4. The Hall–Kier alpha value is -2.76. The third-order valence-electron chi connectivity index (χ3n) is 2.41. The van der Waals surface area contributed by atoms with E-state index in [1.807, 2.05) is 0 Å². The maximum atomic E-state index is 12.0. The van der Waals surface area contributed by atoms with E-state index in [9.17, 15) is 9.59 Å².